The van der Waals surface area contributed by atoms with Crippen molar-refractivity contribution in [3.05, 3.63) is 35.9 Å². The summed E-state index contributed by atoms with van der Waals surface area (Å²) >= 11 is 0. The quantitative estimate of drug-likeness (QED) is 0.197. The Morgan fingerprint density at radius 2 is 1.54 bits per heavy atom. The summed E-state index contributed by atoms with van der Waals surface area (Å²) in [6, 6.07) is 8.60. The van der Waals surface area contributed by atoms with Crippen molar-refractivity contribution in [1.29, 1.82) is 0 Å². The van der Waals surface area contributed by atoms with Crippen LogP contribution in [0.5, 0.6) is 11.5 Å². The maximum Gasteiger partial charge on any atom is 0.259 e. The van der Waals surface area contributed by atoms with Gasteiger partial charge < -0.3 is 25.2 Å². The molecule has 0 aliphatic rings. The number of ether oxygens (including phenoxy) is 2. The number of rotatable bonds is 17. The second kappa shape index (κ2) is 16.0. The van der Waals surface area contributed by atoms with Gasteiger partial charge in [0, 0.05) is 24.4 Å². The molecule has 0 aromatic heterocycles. The van der Waals surface area contributed by atoms with Gasteiger partial charge in [-0.1, -0.05) is 89.0 Å². The van der Waals surface area contributed by atoms with Gasteiger partial charge >= 0.3 is 0 Å². The topological polar surface area (TPSA) is 96.9 Å². The molecule has 0 spiro atoms. The van der Waals surface area contributed by atoms with Crippen LogP contribution >= 0.6 is 0 Å². The molecule has 0 aliphatic heterocycles. The Morgan fingerprint density at radius 1 is 0.943 bits per heavy atom. The van der Waals surface area contributed by atoms with Crippen LogP contribution in [0, 0.1) is 0 Å². The van der Waals surface area contributed by atoms with Gasteiger partial charge in [-0.3, -0.25) is 9.59 Å². The number of unbranched alkanes of at least 4 members (excludes halogenated alkanes) is 9. The van der Waals surface area contributed by atoms with Crippen LogP contribution in [-0.4, -0.2) is 43.4 Å². The zero-order valence-corrected chi connectivity index (χ0v) is 21.5. The van der Waals surface area contributed by atoms with Crippen molar-refractivity contribution in [2.45, 2.75) is 84.3 Å². The van der Waals surface area contributed by atoms with E-state index in [1.165, 1.54) is 64.5 Å². The van der Waals surface area contributed by atoms with Crippen LogP contribution in [0.2, 0.25) is 0 Å². The van der Waals surface area contributed by atoms with Gasteiger partial charge in [0.25, 0.3) is 11.8 Å². The molecule has 7 heteroatoms. The minimum Gasteiger partial charge on any atom is -0.506 e. The molecule has 7 nitrogen and oxygen atoms in total. The molecule has 0 saturated heterocycles. The Kier molecular flexibility index (Phi) is 13.0. The smallest absolute Gasteiger partial charge is 0.259 e. The molecule has 0 fully saturated rings. The van der Waals surface area contributed by atoms with E-state index in [0.29, 0.717) is 23.1 Å². The Morgan fingerprint density at radius 3 is 2.17 bits per heavy atom. The van der Waals surface area contributed by atoms with Gasteiger partial charge in [-0.2, -0.15) is 0 Å². The third kappa shape index (κ3) is 9.76. The minimum atomic E-state index is -0.435. The van der Waals surface area contributed by atoms with Crippen molar-refractivity contribution in [2.24, 2.45) is 0 Å². The average molecular weight is 487 g/mol. The first-order chi connectivity index (χ1) is 17.0. The first-order valence-corrected chi connectivity index (χ1v) is 13.0. The number of phenolic OH excluding ortho intramolecular Hbond substituents is 1. The maximum atomic E-state index is 12.8. The zero-order chi connectivity index (χ0) is 25.5. The van der Waals surface area contributed by atoms with Gasteiger partial charge in [0.05, 0.1) is 5.56 Å². The number of phenols is 1. The number of fused-ring (bicyclic) bond motifs is 1. The molecule has 194 valence electrons. The van der Waals surface area contributed by atoms with E-state index in [9.17, 15) is 14.7 Å². The molecule has 35 heavy (non-hydrogen) atoms. The van der Waals surface area contributed by atoms with Crippen LogP contribution in [0.25, 0.3) is 10.8 Å². The molecular weight excluding hydrogens is 444 g/mol. The maximum absolute atomic E-state index is 12.8. The molecule has 2 amide bonds. The fourth-order valence-corrected chi connectivity index (χ4v) is 4.00. The van der Waals surface area contributed by atoms with Gasteiger partial charge in [0.1, 0.15) is 17.7 Å². The summed E-state index contributed by atoms with van der Waals surface area (Å²) in [5.41, 5.74) is 0.136. The molecule has 2 aromatic rings. The molecule has 0 bridgehead atoms. The Bertz CT molecular complexity index is 931. The van der Waals surface area contributed by atoms with Crippen LogP contribution in [-0.2, 0) is 9.53 Å². The van der Waals surface area contributed by atoms with Crippen molar-refractivity contribution >= 4 is 22.6 Å². The standard InChI is InChI=1S/C28H42N2O5/c1-4-5-6-7-8-9-10-11-12-15-18-29-28(33)24-19-25(35-20-26(31)30-21(2)34-3)22-16-13-14-17-23(22)27(24)32/h13-14,16-17,19,21,32H,4-12,15,18,20H2,1-3H3,(H,29,33)(H,30,31). The zero-order valence-electron chi connectivity index (χ0n) is 21.5. The van der Waals surface area contributed by atoms with Crippen molar-refractivity contribution in [3.8, 4) is 11.5 Å². The van der Waals surface area contributed by atoms with E-state index in [1.54, 1.807) is 25.1 Å². The van der Waals surface area contributed by atoms with E-state index < -0.39 is 6.23 Å². The minimum absolute atomic E-state index is 0.0917. The number of nitrogens with one attached hydrogen (secondary N) is 2. The monoisotopic (exact) mass is 486 g/mol. The van der Waals surface area contributed by atoms with Crippen LogP contribution in [0.15, 0.2) is 30.3 Å². The number of benzene rings is 2. The summed E-state index contributed by atoms with van der Waals surface area (Å²) in [7, 11) is 1.50. The predicted octanol–water partition coefficient (Wildman–Crippen LogP) is 5.68. The lowest BCUT2D eigenvalue weighted by atomic mass is 10.0. The molecule has 2 rings (SSSR count). The second-order valence-electron chi connectivity index (χ2n) is 8.99. The third-order valence-electron chi connectivity index (χ3n) is 6.12. The molecule has 2 aromatic carbocycles. The van der Waals surface area contributed by atoms with E-state index in [2.05, 4.69) is 17.6 Å². The van der Waals surface area contributed by atoms with Crippen molar-refractivity contribution in [3.63, 3.8) is 0 Å². The lowest BCUT2D eigenvalue weighted by molar-refractivity contribution is -0.126. The highest BCUT2D eigenvalue weighted by Gasteiger charge is 2.18. The Balaban J connectivity index is 1.88. The fraction of sp³-hybridized carbons (Fsp3) is 0.571. The molecule has 0 heterocycles. The summed E-state index contributed by atoms with van der Waals surface area (Å²) in [6.07, 6.45) is 11.8. The fourth-order valence-electron chi connectivity index (χ4n) is 4.00. The second-order valence-corrected chi connectivity index (χ2v) is 8.99. The SMILES string of the molecule is CCCCCCCCCCCCNC(=O)c1cc(OCC(=O)NC(C)OC)c2ccccc2c1O. The van der Waals surface area contributed by atoms with E-state index >= 15 is 0 Å². The van der Waals surface area contributed by atoms with Crippen molar-refractivity contribution < 1.29 is 24.2 Å². The van der Waals surface area contributed by atoms with Crippen LogP contribution in [0.4, 0.5) is 0 Å². The molecule has 0 radical (unpaired) electrons. The van der Waals surface area contributed by atoms with E-state index in [1.807, 2.05) is 6.07 Å². The van der Waals surface area contributed by atoms with E-state index in [4.69, 9.17) is 9.47 Å². The van der Waals surface area contributed by atoms with Gasteiger partial charge in [-0.25, -0.2) is 0 Å². The Hall–Kier alpha value is -2.80. The van der Waals surface area contributed by atoms with Crippen LogP contribution < -0.4 is 15.4 Å². The molecule has 1 atom stereocenters. The van der Waals surface area contributed by atoms with E-state index in [0.717, 1.165) is 12.8 Å². The van der Waals surface area contributed by atoms with Gasteiger partial charge in [0.2, 0.25) is 0 Å². The highest BCUT2D eigenvalue weighted by molar-refractivity contribution is 6.05. The number of amides is 2. The number of hydrogen-bond acceptors (Lipinski definition) is 5. The number of hydrogen-bond donors (Lipinski definition) is 3. The third-order valence-corrected chi connectivity index (χ3v) is 6.12. The summed E-state index contributed by atoms with van der Waals surface area (Å²) in [6.45, 7) is 4.26. The lowest BCUT2D eigenvalue weighted by Gasteiger charge is -2.15. The van der Waals surface area contributed by atoms with Crippen LogP contribution in [0.3, 0.4) is 0 Å². The van der Waals surface area contributed by atoms with Crippen LogP contribution in [0.1, 0.15) is 88.4 Å². The van der Waals surface area contributed by atoms with Crippen molar-refractivity contribution in [2.75, 3.05) is 20.3 Å². The summed E-state index contributed by atoms with van der Waals surface area (Å²) in [5.74, 6) is -0.427. The lowest BCUT2D eigenvalue weighted by Crippen LogP contribution is -2.37. The van der Waals surface area contributed by atoms with E-state index in [-0.39, 0.29) is 29.7 Å². The summed E-state index contributed by atoms with van der Waals surface area (Å²) in [5, 5.41) is 17.4. The normalized spacial score (nSPS) is 11.9. The number of carbonyl (C=O) groups is 2. The number of methoxy groups -OCH3 is 1. The molecule has 0 saturated carbocycles. The Labute approximate surface area is 209 Å². The van der Waals surface area contributed by atoms with Gasteiger partial charge in [-0.05, 0) is 19.4 Å². The number of carbonyl (C=O) groups excluding carboxylic acids is 2. The first kappa shape index (κ1) is 28.4. The molecule has 1 unspecified atom stereocenters. The average Bonchev–Trinajstić information content (AvgIpc) is 2.86. The molecule has 0 aliphatic carbocycles. The highest BCUT2D eigenvalue weighted by atomic mass is 16.5. The first-order valence-electron chi connectivity index (χ1n) is 13.0. The summed E-state index contributed by atoms with van der Waals surface area (Å²) < 4.78 is 10.8. The highest BCUT2D eigenvalue weighted by Crippen LogP contribution is 2.36. The van der Waals surface area contributed by atoms with Gasteiger partial charge in [-0.15, -0.1) is 0 Å². The largest absolute Gasteiger partial charge is 0.506 e. The van der Waals surface area contributed by atoms with Gasteiger partial charge in [0.15, 0.2) is 6.61 Å². The molecular formula is C28H42N2O5. The molecule has 3 N–H and O–H groups in total. The predicted molar refractivity (Wildman–Crippen MR) is 140 cm³/mol. The number of aromatic hydroxyl groups is 1. The van der Waals surface area contributed by atoms with Crippen molar-refractivity contribution in [1.82, 2.24) is 10.6 Å². The summed E-state index contributed by atoms with van der Waals surface area (Å²) in [4.78, 5) is 24.9.